The summed E-state index contributed by atoms with van der Waals surface area (Å²) in [6.07, 6.45) is 4.28. The lowest BCUT2D eigenvalue weighted by atomic mass is 10.1. The fourth-order valence-electron chi connectivity index (χ4n) is 2.12. The molecule has 0 aliphatic heterocycles. The minimum Gasteiger partial charge on any atom is -0.434 e. The standard InChI is InChI=1S/C15H17BrF2N4O2/c16-11-5-6-13(24-15(17)18)10(7-11)8-19-14(23)4-2-1-3-12-9-20-22-21-12/h5-7,9,15H,1-4,8H2,(H,19,23)(H,20,21,22). The number of alkyl halides is 2. The number of hydrogen-bond donors (Lipinski definition) is 2. The molecule has 0 bridgehead atoms. The molecule has 0 saturated carbocycles. The van der Waals surface area contributed by atoms with Crippen LogP contribution in [0.2, 0.25) is 0 Å². The SMILES string of the molecule is O=C(CCCCc1cn[nH]n1)NCc1cc(Br)ccc1OC(F)F. The highest BCUT2D eigenvalue weighted by Gasteiger charge is 2.11. The van der Waals surface area contributed by atoms with E-state index in [4.69, 9.17) is 0 Å². The molecule has 1 aromatic heterocycles. The third-order valence-corrected chi connectivity index (χ3v) is 3.76. The van der Waals surface area contributed by atoms with Crippen LogP contribution in [0.4, 0.5) is 8.78 Å². The van der Waals surface area contributed by atoms with Gasteiger partial charge in [0.25, 0.3) is 0 Å². The molecule has 9 heteroatoms. The Kier molecular flexibility index (Phi) is 7.10. The van der Waals surface area contributed by atoms with E-state index in [1.165, 1.54) is 6.07 Å². The van der Waals surface area contributed by atoms with Crippen LogP contribution in [-0.4, -0.2) is 27.9 Å². The van der Waals surface area contributed by atoms with Crippen LogP contribution in [0.1, 0.15) is 30.5 Å². The van der Waals surface area contributed by atoms with Crippen molar-refractivity contribution in [1.29, 1.82) is 0 Å². The van der Waals surface area contributed by atoms with Gasteiger partial charge in [-0.05, 0) is 37.5 Å². The Morgan fingerprint density at radius 1 is 1.38 bits per heavy atom. The van der Waals surface area contributed by atoms with Gasteiger partial charge in [0, 0.05) is 23.0 Å². The minimum atomic E-state index is -2.91. The number of carbonyl (C=O) groups is 1. The van der Waals surface area contributed by atoms with E-state index in [0.29, 0.717) is 18.4 Å². The van der Waals surface area contributed by atoms with Crippen molar-refractivity contribution in [2.24, 2.45) is 0 Å². The number of benzene rings is 1. The van der Waals surface area contributed by atoms with Gasteiger partial charge in [-0.25, -0.2) is 0 Å². The molecule has 0 atom stereocenters. The highest BCUT2D eigenvalue weighted by Crippen LogP contribution is 2.24. The first-order chi connectivity index (χ1) is 11.5. The molecule has 130 valence electrons. The quantitative estimate of drug-likeness (QED) is 0.631. The topological polar surface area (TPSA) is 79.9 Å². The molecule has 0 aliphatic carbocycles. The first-order valence-corrected chi connectivity index (χ1v) is 8.18. The number of amides is 1. The molecule has 1 amide bonds. The van der Waals surface area contributed by atoms with Crippen LogP contribution in [0.25, 0.3) is 0 Å². The van der Waals surface area contributed by atoms with Gasteiger partial charge in [0.05, 0.1) is 11.9 Å². The van der Waals surface area contributed by atoms with Crippen LogP contribution < -0.4 is 10.1 Å². The zero-order valence-electron chi connectivity index (χ0n) is 12.8. The number of nitrogens with one attached hydrogen (secondary N) is 2. The fourth-order valence-corrected chi connectivity index (χ4v) is 2.53. The van der Waals surface area contributed by atoms with Crippen molar-refractivity contribution < 1.29 is 18.3 Å². The van der Waals surface area contributed by atoms with E-state index >= 15 is 0 Å². The number of nitrogens with zero attached hydrogens (tertiary/aromatic N) is 2. The lowest BCUT2D eigenvalue weighted by Crippen LogP contribution is -2.23. The van der Waals surface area contributed by atoms with Gasteiger partial charge >= 0.3 is 6.61 Å². The lowest BCUT2D eigenvalue weighted by molar-refractivity contribution is -0.121. The van der Waals surface area contributed by atoms with Crippen molar-refractivity contribution in [3.63, 3.8) is 0 Å². The average molecular weight is 403 g/mol. The predicted octanol–water partition coefficient (Wildman–Crippen LogP) is 3.20. The molecule has 6 nitrogen and oxygen atoms in total. The van der Waals surface area contributed by atoms with Crippen LogP contribution in [0, 0.1) is 0 Å². The summed E-state index contributed by atoms with van der Waals surface area (Å²) in [6, 6.07) is 4.69. The van der Waals surface area contributed by atoms with Gasteiger partial charge in [-0.2, -0.15) is 24.2 Å². The van der Waals surface area contributed by atoms with E-state index in [1.807, 2.05) is 0 Å². The Hall–Kier alpha value is -2.03. The summed E-state index contributed by atoms with van der Waals surface area (Å²) in [7, 11) is 0. The molecule has 0 aliphatic rings. The number of carbonyl (C=O) groups excluding carboxylic acids is 1. The summed E-state index contributed by atoms with van der Waals surface area (Å²) in [5, 5.41) is 12.9. The molecule has 1 aromatic carbocycles. The van der Waals surface area contributed by atoms with E-state index in [2.05, 4.69) is 41.4 Å². The summed E-state index contributed by atoms with van der Waals surface area (Å²) in [5.74, 6) is -0.0855. The molecule has 24 heavy (non-hydrogen) atoms. The van der Waals surface area contributed by atoms with E-state index < -0.39 is 6.61 Å². The second-order valence-electron chi connectivity index (χ2n) is 5.08. The van der Waals surface area contributed by atoms with Crippen molar-refractivity contribution in [3.05, 3.63) is 40.1 Å². The number of rotatable bonds is 9. The number of unbranched alkanes of at least 4 members (excludes halogenated alkanes) is 1. The van der Waals surface area contributed by atoms with Gasteiger partial charge < -0.3 is 10.1 Å². The number of aromatic amines is 1. The Labute approximate surface area is 146 Å². The van der Waals surface area contributed by atoms with Crippen molar-refractivity contribution in [1.82, 2.24) is 20.7 Å². The first kappa shape index (κ1) is 18.3. The normalized spacial score (nSPS) is 10.8. The Bertz CT molecular complexity index is 653. The van der Waals surface area contributed by atoms with Crippen molar-refractivity contribution in [2.45, 2.75) is 38.8 Å². The fraction of sp³-hybridized carbons (Fsp3) is 0.400. The van der Waals surface area contributed by atoms with E-state index in [1.54, 1.807) is 18.3 Å². The monoisotopic (exact) mass is 402 g/mol. The number of aromatic nitrogens is 3. The summed E-state index contributed by atoms with van der Waals surface area (Å²) in [4.78, 5) is 11.9. The van der Waals surface area contributed by atoms with Gasteiger partial charge in [0.2, 0.25) is 5.91 Å². The smallest absolute Gasteiger partial charge is 0.387 e. The lowest BCUT2D eigenvalue weighted by Gasteiger charge is -2.12. The Morgan fingerprint density at radius 2 is 2.21 bits per heavy atom. The minimum absolute atomic E-state index is 0.0551. The van der Waals surface area contributed by atoms with Gasteiger partial charge in [0.15, 0.2) is 0 Å². The third kappa shape index (κ3) is 6.23. The van der Waals surface area contributed by atoms with Crippen LogP contribution in [0.5, 0.6) is 5.75 Å². The van der Waals surface area contributed by atoms with Gasteiger partial charge in [-0.15, -0.1) is 0 Å². The van der Waals surface area contributed by atoms with Gasteiger partial charge in [-0.3, -0.25) is 4.79 Å². The Morgan fingerprint density at radius 3 is 2.92 bits per heavy atom. The van der Waals surface area contributed by atoms with Crippen molar-refractivity contribution in [2.75, 3.05) is 0 Å². The van der Waals surface area contributed by atoms with E-state index in [9.17, 15) is 13.6 Å². The molecule has 0 spiro atoms. The largest absolute Gasteiger partial charge is 0.434 e. The highest BCUT2D eigenvalue weighted by atomic mass is 79.9. The average Bonchev–Trinajstić information content (AvgIpc) is 3.04. The van der Waals surface area contributed by atoms with Crippen molar-refractivity contribution >= 4 is 21.8 Å². The highest BCUT2D eigenvalue weighted by molar-refractivity contribution is 9.10. The molecular weight excluding hydrogens is 386 g/mol. The molecule has 2 N–H and O–H groups in total. The van der Waals surface area contributed by atoms with Crippen LogP contribution in [0.15, 0.2) is 28.9 Å². The third-order valence-electron chi connectivity index (χ3n) is 3.27. The van der Waals surface area contributed by atoms with Gasteiger partial charge in [0.1, 0.15) is 5.75 Å². The summed E-state index contributed by atoms with van der Waals surface area (Å²) >= 11 is 3.27. The number of aryl methyl sites for hydroxylation is 1. The van der Waals surface area contributed by atoms with Crippen LogP contribution in [-0.2, 0) is 17.8 Å². The van der Waals surface area contributed by atoms with Crippen molar-refractivity contribution in [3.8, 4) is 5.75 Å². The van der Waals surface area contributed by atoms with Crippen LogP contribution >= 0.6 is 15.9 Å². The zero-order chi connectivity index (χ0) is 17.4. The Balaban J connectivity index is 1.75. The number of H-pyrrole nitrogens is 1. The maximum atomic E-state index is 12.4. The first-order valence-electron chi connectivity index (χ1n) is 7.39. The number of ether oxygens (including phenoxy) is 1. The maximum Gasteiger partial charge on any atom is 0.387 e. The molecule has 2 aromatic rings. The maximum absolute atomic E-state index is 12.4. The second-order valence-corrected chi connectivity index (χ2v) is 5.99. The number of halogens is 3. The number of hydrogen-bond acceptors (Lipinski definition) is 4. The molecule has 0 radical (unpaired) electrons. The predicted molar refractivity (Wildman–Crippen MR) is 86.6 cm³/mol. The van der Waals surface area contributed by atoms with E-state index in [0.717, 1.165) is 23.0 Å². The zero-order valence-corrected chi connectivity index (χ0v) is 14.4. The van der Waals surface area contributed by atoms with E-state index in [-0.39, 0.29) is 18.2 Å². The molecule has 0 unspecified atom stereocenters. The molecule has 0 fully saturated rings. The summed E-state index contributed by atoms with van der Waals surface area (Å²) < 4.78 is 30.0. The molecule has 0 saturated heterocycles. The van der Waals surface area contributed by atoms with Gasteiger partial charge in [-0.1, -0.05) is 15.9 Å². The summed E-state index contributed by atoms with van der Waals surface area (Å²) in [5.41, 5.74) is 1.35. The second kappa shape index (κ2) is 9.31. The summed E-state index contributed by atoms with van der Waals surface area (Å²) in [6.45, 7) is -2.78. The molecule has 2 rings (SSSR count). The molecule has 1 heterocycles. The van der Waals surface area contributed by atoms with Crippen LogP contribution in [0.3, 0.4) is 0 Å². The molecular formula is C15H17BrF2N4O2.